The number of hydrogen-bond acceptors (Lipinski definition) is 3. The maximum Gasteiger partial charge on any atom is 0.0949 e. The Labute approximate surface area is 168 Å². The smallest absolute Gasteiger partial charge is 0.0949 e. The summed E-state index contributed by atoms with van der Waals surface area (Å²) in [6.07, 6.45) is 5.92. The summed E-state index contributed by atoms with van der Waals surface area (Å²) in [5.74, 6) is 0.795. The monoisotopic (exact) mass is 415 g/mol. The van der Waals surface area contributed by atoms with Crippen molar-refractivity contribution in [3.63, 3.8) is 0 Å². The van der Waals surface area contributed by atoms with Gasteiger partial charge < -0.3 is 4.90 Å². The van der Waals surface area contributed by atoms with Gasteiger partial charge in [0.2, 0.25) is 0 Å². The number of anilines is 1. The minimum Gasteiger partial charge on any atom is -0.368 e. The third kappa shape index (κ3) is 4.56. The second kappa shape index (κ2) is 8.36. The summed E-state index contributed by atoms with van der Waals surface area (Å²) < 4.78 is 15.2. The first kappa shape index (κ1) is 19.0. The van der Waals surface area contributed by atoms with E-state index in [9.17, 15) is 4.21 Å². The Morgan fingerprint density at radius 2 is 1.85 bits per heavy atom. The van der Waals surface area contributed by atoms with Gasteiger partial charge >= 0.3 is 0 Å². The first-order valence-electron chi connectivity index (χ1n) is 9.68. The van der Waals surface area contributed by atoms with E-state index in [1.807, 2.05) is 12.1 Å². The average Bonchev–Trinajstić information content (AvgIpc) is 3.45. The number of nitrogens with zero attached hydrogens (tertiary/aromatic N) is 2. The molecule has 1 saturated heterocycles. The highest BCUT2D eigenvalue weighted by molar-refractivity contribution is 7.84. The normalized spacial score (nSPS) is 28.0. The molecule has 1 atom stereocenters. The topological polar surface area (TPSA) is 35.6 Å². The Morgan fingerprint density at radius 3 is 2.54 bits per heavy atom. The van der Waals surface area contributed by atoms with Crippen molar-refractivity contribution in [1.29, 1.82) is 0 Å². The molecular weight excluding hydrogens is 389 g/mol. The summed E-state index contributed by atoms with van der Waals surface area (Å²) >= 11 is 12.5. The van der Waals surface area contributed by atoms with Crippen LogP contribution in [0.2, 0.25) is 10.0 Å². The van der Waals surface area contributed by atoms with Crippen molar-refractivity contribution < 1.29 is 4.21 Å². The molecule has 1 aromatic carbocycles. The fourth-order valence-corrected chi connectivity index (χ4v) is 5.62. The van der Waals surface area contributed by atoms with Gasteiger partial charge in [0.25, 0.3) is 0 Å². The second-order valence-electron chi connectivity index (χ2n) is 7.84. The zero-order valence-corrected chi connectivity index (χ0v) is 17.3. The van der Waals surface area contributed by atoms with Crippen LogP contribution < -0.4 is 9.62 Å². The molecule has 26 heavy (non-hydrogen) atoms. The van der Waals surface area contributed by atoms with E-state index in [1.54, 1.807) is 0 Å². The second-order valence-corrected chi connectivity index (χ2v) is 10.1. The summed E-state index contributed by atoms with van der Waals surface area (Å²) in [5.41, 5.74) is 1.05. The molecule has 1 aromatic rings. The molecule has 0 bridgehead atoms. The largest absolute Gasteiger partial charge is 0.368 e. The lowest BCUT2D eigenvalue weighted by molar-refractivity contribution is 0.183. The zero-order chi connectivity index (χ0) is 18.1. The molecule has 1 aliphatic heterocycles. The van der Waals surface area contributed by atoms with Crippen LogP contribution in [0.15, 0.2) is 18.2 Å². The zero-order valence-electron chi connectivity index (χ0n) is 15.0. The van der Waals surface area contributed by atoms with Gasteiger partial charge in [0.15, 0.2) is 0 Å². The van der Waals surface area contributed by atoms with Gasteiger partial charge in [-0.2, -0.15) is 0 Å². The predicted octanol–water partition coefficient (Wildman–Crippen LogP) is 3.70. The molecule has 1 heterocycles. The van der Waals surface area contributed by atoms with Crippen LogP contribution in [0.25, 0.3) is 0 Å². The van der Waals surface area contributed by atoms with Crippen molar-refractivity contribution in [2.75, 3.05) is 37.6 Å². The van der Waals surface area contributed by atoms with E-state index in [0.29, 0.717) is 21.3 Å². The van der Waals surface area contributed by atoms with Crippen LogP contribution >= 0.6 is 23.2 Å². The SMILES string of the molecule is O=S(NC1CC(CCN2CCN(c3cccc(Cl)c3Cl)CC2)C1)C1CC1. The summed E-state index contributed by atoms with van der Waals surface area (Å²) in [6.45, 7) is 5.30. The van der Waals surface area contributed by atoms with Gasteiger partial charge in [-0.1, -0.05) is 29.3 Å². The summed E-state index contributed by atoms with van der Waals surface area (Å²) in [4.78, 5) is 4.89. The van der Waals surface area contributed by atoms with Crippen LogP contribution in [0.1, 0.15) is 32.1 Å². The fraction of sp³-hybridized carbons (Fsp3) is 0.684. The number of halogens is 2. The Kier molecular flexibility index (Phi) is 6.11. The van der Waals surface area contributed by atoms with Crippen molar-refractivity contribution >= 4 is 39.9 Å². The van der Waals surface area contributed by atoms with E-state index < -0.39 is 11.0 Å². The first-order valence-corrected chi connectivity index (χ1v) is 11.6. The Morgan fingerprint density at radius 1 is 1.12 bits per heavy atom. The van der Waals surface area contributed by atoms with Gasteiger partial charge in [-0.3, -0.25) is 4.90 Å². The summed E-state index contributed by atoms with van der Waals surface area (Å²) in [6, 6.07) is 6.35. The lowest BCUT2D eigenvalue weighted by Crippen LogP contribution is -2.48. The molecule has 0 radical (unpaired) electrons. The minimum atomic E-state index is -0.775. The van der Waals surface area contributed by atoms with Crippen molar-refractivity contribution in [2.24, 2.45) is 5.92 Å². The molecule has 3 fully saturated rings. The van der Waals surface area contributed by atoms with Gasteiger partial charge in [-0.05, 0) is 56.7 Å². The molecule has 0 aromatic heterocycles. The Balaban J connectivity index is 1.15. The van der Waals surface area contributed by atoms with E-state index in [2.05, 4.69) is 20.6 Å². The maximum absolute atomic E-state index is 11.9. The molecule has 2 saturated carbocycles. The number of nitrogens with one attached hydrogen (secondary N) is 1. The third-order valence-electron chi connectivity index (χ3n) is 5.84. The van der Waals surface area contributed by atoms with Crippen LogP contribution in [0.5, 0.6) is 0 Å². The van der Waals surface area contributed by atoms with Gasteiger partial charge in [0.05, 0.1) is 26.7 Å². The lowest BCUT2D eigenvalue weighted by atomic mass is 9.79. The van der Waals surface area contributed by atoms with Gasteiger partial charge in [0.1, 0.15) is 0 Å². The molecule has 0 amide bonds. The highest BCUT2D eigenvalue weighted by Crippen LogP contribution is 2.34. The van der Waals surface area contributed by atoms with Crippen LogP contribution in [0.4, 0.5) is 5.69 Å². The van der Waals surface area contributed by atoms with Crippen molar-refractivity contribution in [1.82, 2.24) is 9.62 Å². The molecule has 1 unspecified atom stereocenters. The van der Waals surface area contributed by atoms with E-state index in [0.717, 1.165) is 50.6 Å². The standard InChI is InChI=1S/C19H27Cl2N3OS/c20-17-2-1-3-18(19(17)21)24-10-8-23(9-11-24)7-6-14-12-15(13-14)22-26(25)16-4-5-16/h1-3,14-16,22H,4-13H2. The van der Waals surface area contributed by atoms with Crippen LogP contribution in [0, 0.1) is 5.92 Å². The van der Waals surface area contributed by atoms with Crippen LogP contribution in [-0.4, -0.2) is 53.1 Å². The molecule has 2 aliphatic carbocycles. The molecule has 144 valence electrons. The van der Waals surface area contributed by atoms with E-state index in [4.69, 9.17) is 23.2 Å². The lowest BCUT2D eigenvalue weighted by Gasteiger charge is -2.39. The number of piperazine rings is 1. The first-order chi connectivity index (χ1) is 12.6. The van der Waals surface area contributed by atoms with E-state index in [1.165, 1.54) is 25.8 Å². The van der Waals surface area contributed by atoms with Crippen LogP contribution in [-0.2, 0) is 11.0 Å². The number of benzene rings is 1. The summed E-state index contributed by atoms with van der Waals surface area (Å²) in [5, 5.41) is 1.74. The molecule has 1 N–H and O–H groups in total. The molecule has 4 nitrogen and oxygen atoms in total. The van der Waals surface area contributed by atoms with Crippen molar-refractivity contribution in [2.45, 2.75) is 43.4 Å². The Bertz CT molecular complexity index is 656. The number of hydrogen-bond donors (Lipinski definition) is 1. The quantitative estimate of drug-likeness (QED) is 0.736. The fourth-order valence-electron chi connectivity index (χ4n) is 3.92. The van der Waals surface area contributed by atoms with Gasteiger partial charge in [-0.15, -0.1) is 0 Å². The van der Waals surface area contributed by atoms with Gasteiger partial charge in [-0.25, -0.2) is 8.93 Å². The third-order valence-corrected chi connectivity index (χ3v) is 8.29. The molecule has 0 spiro atoms. The number of rotatable bonds is 7. The maximum atomic E-state index is 11.9. The van der Waals surface area contributed by atoms with E-state index >= 15 is 0 Å². The Hall–Kier alpha value is -0.330. The summed E-state index contributed by atoms with van der Waals surface area (Å²) in [7, 11) is -0.775. The highest BCUT2D eigenvalue weighted by atomic mass is 35.5. The van der Waals surface area contributed by atoms with Gasteiger partial charge in [0, 0.05) is 37.5 Å². The van der Waals surface area contributed by atoms with Crippen LogP contribution in [0.3, 0.4) is 0 Å². The molecule has 7 heteroatoms. The highest BCUT2D eigenvalue weighted by Gasteiger charge is 2.35. The molecule has 4 rings (SSSR count). The van der Waals surface area contributed by atoms with Crippen molar-refractivity contribution in [3.05, 3.63) is 28.2 Å². The van der Waals surface area contributed by atoms with Crippen molar-refractivity contribution in [3.8, 4) is 0 Å². The van der Waals surface area contributed by atoms with E-state index in [-0.39, 0.29) is 0 Å². The predicted molar refractivity (Wildman–Crippen MR) is 111 cm³/mol. The molecule has 3 aliphatic rings. The average molecular weight is 416 g/mol. The molecular formula is C19H27Cl2N3OS. The minimum absolute atomic E-state index is 0.443.